The van der Waals surface area contributed by atoms with E-state index < -0.39 is 12.0 Å². The normalized spacial score (nSPS) is 12.2. The van der Waals surface area contributed by atoms with Crippen LogP contribution in [0.25, 0.3) is 0 Å². The van der Waals surface area contributed by atoms with Crippen molar-refractivity contribution in [1.82, 2.24) is 10.6 Å². The molecule has 0 saturated carbocycles. The summed E-state index contributed by atoms with van der Waals surface area (Å²) in [5.41, 5.74) is 1.94. The fourth-order valence-electron chi connectivity index (χ4n) is 7.84. The molecular weight excluding hydrogens is 1000 g/mol. The highest BCUT2D eigenvalue weighted by Crippen LogP contribution is 2.18. The van der Waals surface area contributed by atoms with Crippen LogP contribution in [0.1, 0.15) is 102 Å². The maximum Gasteiger partial charge on any atom is 0.224 e. The molecule has 1 amide bonds. The third kappa shape index (κ3) is 44.2. The van der Waals surface area contributed by atoms with Gasteiger partial charge in [-0.3, -0.25) is 19.2 Å². The lowest BCUT2D eigenvalue weighted by Crippen LogP contribution is -2.46. The maximum atomic E-state index is 13.9. The molecule has 0 spiro atoms. The van der Waals surface area contributed by atoms with Crippen LogP contribution in [-0.4, -0.2) is 201 Å². The van der Waals surface area contributed by atoms with Crippen molar-refractivity contribution in [2.45, 2.75) is 109 Å². The number of ether oxygens (including phenoxy) is 12. The first-order chi connectivity index (χ1) is 38.4. The van der Waals surface area contributed by atoms with Crippen molar-refractivity contribution in [3.05, 3.63) is 71.8 Å². The van der Waals surface area contributed by atoms with Crippen LogP contribution in [0, 0.1) is 5.92 Å². The first-order valence-electron chi connectivity index (χ1n) is 28.9. The predicted molar refractivity (Wildman–Crippen MR) is 300 cm³/mol. The number of Topliss-reactive ketones (excluding diaryl/α,β-unsaturated/α-hetero) is 3. The van der Waals surface area contributed by atoms with Crippen molar-refractivity contribution in [3.8, 4) is 0 Å². The lowest BCUT2D eigenvalue weighted by atomic mass is 9.90. The van der Waals surface area contributed by atoms with Crippen LogP contribution >= 0.6 is 0 Å². The molecule has 0 fully saturated rings. The molecule has 0 aromatic heterocycles. The van der Waals surface area contributed by atoms with Crippen molar-refractivity contribution >= 4 is 23.3 Å². The second-order valence-electron chi connectivity index (χ2n) is 18.8. The summed E-state index contributed by atoms with van der Waals surface area (Å²) in [6, 6.07) is 18.7. The first kappa shape index (κ1) is 70.5. The van der Waals surface area contributed by atoms with Gasteiger partial charge < -0.3 is 67.5 Å². The Bertz CT molecular complexity index is 1680. The summed E-state index contributed by atoms with van der Waals surface area (Å²) in [4.78, 5) is 52.3. The summed E-state index contributed by atoms with van der Waals surface area (Å²) < 4.78 is 66.5. The van der Waals surface area contributed by atoms with Crippen LogP contribution in [0.15, 0.2) is 60.7 Å². The summed E-state index contributed by atoms with van der Waals surface area (Å²) in [6.07, 6.45) is 10.7. The third-order valence-corrected chi connectivity index (χ3v) is 12.2. The highest BCUT2D eigenvalue weighted by molar-refractivity contribution is 5.92. The Balaban J connectivity index is 1.37. The first-order valence-corrected chi connectivity index (χ1v) is 28.9. The number of rotatable bonds is 60. The van der Waals surface area contributed by atoms with E-state index in [0.717, 1.165) is 43.4 Å². The number of nitrogens with one attached hydrogen (secondary N) is 2. The van der Waals surface area contributed by atoms with E-state index in [1.54, 1.807) is 0 Å². The average Bonchev–Trinajstić information content (AvgIpc) is 3.45. The van der Waals surface area contributed by atoms with Crippen LogP contribution in [0.2, 0.25) is 0 Å². The number of ketones is 3. The van der Waals surface area contributed by atoms with Gasteiger partial charge >= 0.3 is 0 Å². The minimum absolute atomic E-state index is 0.0602. The predicted octanol–water partition coefficient (Wildman–Crippen LogP) is 6.79. The van der Waals surface area contributed by atoms with Gasteiger partial charge in [0.25, 0.3) is 0 Å². The molecule has 18 nitrogen and oxygen atoms in total. The van der Waals surface area contributed by atoms with Crippen molar-refractivity contribution < 1.29 is 76.0 Å². The molecule has 446 valence electrons. The van der Waals surface area contributed by atoms with Gasteiger partial charge in [-0.05, 0) is 56.8 Å². The highest BCUT2D eigenvalue weighted by Gasteiger charge is 2.27. The van der Waals surface area contributed by atoms with E-state index in [1.807, 2.05) is 67.7 Å². The summed E-state index contributed by atoms with van der Waals surface area (Å²) >= 11 is 0. The minimum Gasteiger partial charge on any atom is -0.379 e. The molecule has 0 heterocycles. The zero-order valence-electron chi connectivity index (χ0n) is 47.7. The van der Waals surface area contributed by atoms with E-state index in [9.17, 15) is 19.2 Å². The molecule has 2 aromatic carbocycles. The molecule has 0 unspecified atom stereocenters. The zero-order valence-corrected chi connectivity index (χ0v) is 47.7. The maximum absolute atomic E-state index is 13.9. The topological polar surface area (TPSA) is 203 Å². The van der Waals surface area contributed by atoms with E-state index >= 15 is 0 Å². The number of carbonyl (C=O) groups is 4. The fraction of sp³-hybridized carbons (Fsp3) is 0.733. The molecule has 2 rings (SSSR count). The van der Waals surface area contributed by atoms with Gasteiger partial charge in [0.2, 0.25) is 5.91 Å². The molecule has 2 atom stereocenters. The van der Waals surface area contributed by atoms with Crippen LogP contribution in [0.3, 0.4) is 0 Å². The Morgan fingerprint density at radius 2 is 0.756 bits per heavy atom. The summed E-state index contributed by atoms with van der Waals surface area (Å²) in [5, 5.41) is 6.10. The Morgan fingerprint density at radius 3 is 1.18 bits per heavy atom. The third-order valence-electron chi connectivity index (χ3n) is 12.2. The SMILES string of the molecule is CCCCCCCCC(=O)C[C@@H](Cc1ccccc1)C(=O)N[C@@H](Cc1ccccc1)C(=O)CCCOCCOCCOCCOCCOCCOCCOCCOCCOCCOCCOCCOCCC(=O)CCCNC. The number of amides is 1. The molecule has 2 N–H and O–H groups in total. The van der Waals surface area contributed by atoms with Gasteiger partial charge in [0.15, 0.2) is 5.78 Å². The molecule has 0 aliphatic heterocycles. The highest BCUT2D eigenvalue weighted by atomic mass is 16.6. The zero-order chi connectivity index (χ0) is 55.9. The molecule has 2 aromatic rings. The number of carbonyl (C=O) groups excluding carboxylic acids is 4. The lowest BCUT2D eigenvalue weighted by molar-refractivity contribution is -0.132. The second-order valence-corrected chi connectivity index (χ2v) is 18.8. The minimum atomic E-state index is -0.710. The molecule has 78 heavy (non-hydrogen) atoms. The summed E-state index contributed by atoms with van der Waals surface area (Å²) in [7, 11) is 1.88. The summed E-state index contributed by atoms with van der Waals surface area (Å²) in [5.74, 6) is -0.552. The fourth-order valence-corrected chi connectivity index (χ4v) is 7.84. The van der Waals surface area contributed by atoms with E-state index in [-0.39, 0.29) is 36.1 Å². The molecule has 0 aliphatic carbocycles. The van der Waals surface area contributed by atoms with Gasteiger partial charge in [0, 0.05) is 44.6 Å². The van der Waals surface area contributed by atoms with E-state index in [4.69, 9.17) is 56.8 Å². The van der Waals surface area contributed by atoms with Gasteiger partial charge in [-0.15, -0.1) is 0 Å². The van der Waals surface area contributed by atoms with Crippen molar-refractivity contribution in [1.29, 1.82) is 0 Å². The van der Waals surface area contributed by atoms with Crippen LogP contribution in [0.5, 0.6) is 0 Å². The standard InChI is InChI=1S/C60H100N2O16/c1-3-4-5-6-7-14-21-57(64)52-55(50-53-17-10-8-11-18-53)60(66)62-58(51-54-19-12-9-13-20-54)59(65)23-16-26-67-28-30-69-32-34-71-36-38-73-40-42-75-44-46-77-48-49-78-47-45-76-43-41-74-39-37-72-35-33-70-31-29-68-27-24-56(63)22-15-25-61-2/h8-13,17-20,55,58,61H,3-7,14-16,21-52H2,1-2H3,(H,62,66)/t55-,58+/m1/s1. The monoisotopic (exact) mass is 1100 g/mol. The largest absolute Gasteiger partial charge is 0.379 e. The van der Waals surface area contributed by atoms with Gasteiger partial charge in [0.1, 0.15) is 11.6 Å². The number of hydrogen-bond donors (Lipinski definition) is 2. The van der Waals surface area contributed by atoms with Gasteiger partial charge in [0.05, 0.1) is 158 Å². The van der Waals surface area contributed by atoms with Crippen LogP contribution in [0.4, 0.5) is 0 Å². The molecule has 0 saturated heterocycles. The molecule has 0 bridgehead atoms. The average molecular weight is 1110 g/mol. The Kier molecular flexibility index (Phi) is 48.8. The summed E-state index contributed by atoms with van der Waals surface area (Å²) in [6.45, 7) is 14.0. The molecular formula is C60H100N2O16. The van der Waals surface area contributed by atoms with Gasteiger partial charge in [-0.2, -0.15) is 0 Å². The Labute approximate surface area is 467 Å². The van der Waals surface area contributed by atoms with Crippen LogP contribution in [-0.2, 0) is 88.9 Å². The van der Waals surface area contributed by atoms with Crippen molar-refractivity contribution in [2.75, 3.05) is 172 Å². The van der Waals surface area contributed by atoms with E-state index in [0.29, 0.717) is 197 Å². The Hall–Kier alpha value is -3.60. The molecule has 0 radical (unpaired) electrons. The van der Waals surface area contributed by atoms with Crippen molar-refractivity contribution in [2.24, 2.45) is 5.92 Å². The number of unbranched alkanes of at least 4 members (excludes halogenated alkanes) is 5. The quantitative estimate of drug-likeness (QED) is 0.0655. The van der Waals surface area contributed by atoms with E-state index in [1.165, 1.54) is 19.3 Å². The van der Waals surface area contributed by atoms with Gasteiger partial charge in [-0.1, -0.05) is 99.7 Å². The smallest absolute Gasteiger partial charge is 0.224 e. The van der Waals surface area contributed by atoms with Crippen molar-refractivity contribution in [3.63, 3.8) is 0 Å². The number of hydrogen-bond acceptors (Lipinski definition) is 17. The van der Waals surface area contributed by atoms with Crippen LogP contribution < -0.4 is 10.6 Å². The molecule has 18 heteroatoms. The molecule has 0 aliphatic rings. The lowest BCUT2D eigenvalue weighted by Gasteiger charge is -2.22. The number of benzene rings is 2. The van der Waals surface area contributed by atoms with E-state index in [2.05, 4.69) is 17.6 Å². The second kappa shape index (κ2) is 54.0. The Morgan fingerprint density at radius 1 is 0.385 bits per heavy atom. The van der Waals surface area contributed by atoms with Gasteiger partial charge in [-0.25, -0.2) is 0 Å².